The minimum absolute atomic E-state index is 0.0478. The highest BCUT2D eigenvalue weighted by Gasteiger charge is 2.71. The third-order valence-electron chi connectivity index (χ3n) is 8.13. The number of aliphatic hydroxyl groups is 1. The maximum Gasteiger partial charge on any atom is 0.178 e. The Morgan fingerprint density at radius 3 is 2.77 bits per heavy atom. The lowest BCUT2D eigenvalue weighted by Gasteiger charge is -2.61. The molecular weight excluding hydrogens is 331 g/mol. The van der Waals surface area contributed by atoms with Gasteiger partial charge in [-0.1, -0.05) is 25.4 Å². The number of allylic oxidation sites excluding steroid dienone is 4. The van der Waals surface area contributed by atoms with Gasteiger partial charge in [-0.2, -0.15) is 0 Å². The number of carbonyl (C=O) groups excluding carboxylic acids is 2. The molecule has 4 heteroatoms. The van der Waals surface area contributed by atoms with Crippen molar-refractivity contribution >= 4 is 11.6 Å². The molecule has 3 saturated carbocycles. The van der Waals surface area contributed by atoms with Crippen molar-refractivity contribution in [1.82, 2.24) is 0 Å². The Hall–Kier alpha value is -1.29. The molecule has 0 amide bonds. The van der Waals surface area contributed by atoms with Gasteiger partial charge in [0.05, 0.1) is 6.10 Å². The molecule has 1 N–H and O–H groups in total. The van der Waals surface area contributed by atoms with Gasteiger partial charge in [-0.25, -0.2) is 4.39 Å². The average Bonchev–Trinajstić information content (AvgIpc) is 2.90. The maximum atomic E-state index is 16.9. The van der Waals surface area contributed by atoms with Crippen LogP contribution in [-0.4, -0.2) is 28.4 Å². The molecule has 0 aromatic heterocycles. The van der Waals surface area contributed by atoms with Crippen LogP contribution < -0.4 is 0 Å². The van der Waals surface area contributed by atoms with E-state index in [1.807, 2.05) is 6.92 Å². The van der Waals surface area contributed by atoms with Gasteiger partial charge in [0.1, 0.15) is 5.78 Å². The zero-order chi connectivity index (χ0) is 21.6. The average molecular weight is 363 g/mol. The zero-order valence-corrected chi connectivity index (χ0v) is 15.6. The van der Waals surface area contributed by atoms with Crippen molar-refractivity contribution in [3.63, 3.8) is 0 Å². The number of carbonyl (C=O) groups is 2. The number of aliphatic hydroxyl groups excluding tert-OH is 1. The number of rotatable bonds is 1. The minimum atomic E-state index is -2.30. The van der Waals surface area contributed by atoms with Gasteiger partial charge < -0.3 is 5.11 Å². The van der Waals surface area contributed by atoms with Crippen molar-refractivity contribution in [2.75, 3.05) is 0 Å². The Labute approximate surface area is 158 Å². The van der Waals surface area contributed by atoms with Gasteiger partial charge >= 0.3 is 0 Å². The number of halogens is 1. The van der Waals surface area contributed by atoms with Crippen molar-refractivity contribution in [2.24, 2.45) is 34.5 Å². The molecule has 0 spiro atoms. The lowest BCUT2D eigenvalue weighted by atomic mass is 9.45. The van der Waals surface area contributed by atoms with E-state index in [4.69, 9.17) is 4.11 Å². The topological polar surface area (TPSA) is 54.4 Å². The van der Waals surface area contributed by atoms with Crippen LogP contribution in [0.4, 0.5) is 4.39 Å². The number of hydrogen-bond donors (Lipinski definition) is 1. The fourth-order valence-corrected chi connectivity index (χ4v) is 7.01. The fourth-order valence-electron chi connectivity index (χ4n) is 7.01. The lowest BCUT2D eigenvalue weighted by molar-refractivity contribution is -0.195. The van der Waals surface area contributed by atoms with Gasteiger partial charge in [-0.15, -0.1) is 0 Å². The minimum Gasteiger partial charge on any atom is -0.390 e. The van der Waals surface area contributed by atoms with Crippen LogP contribution in [0.3, 0.4) is 0 Å². The van der Waals surface area contributed by atoms with Crippen LogP contribution in [0.25, 0.3) is 0 Å². The molecule has 4 rings (SSSR count). The van der Waals surface area contributed by atoms with Gasteiger partial charge in [-0.05, 0) is 68.9 Å². The molecule has 3 nitrogen and oxygen atoms in total. The number of hydrogen-bond acceptors (Lipinski definition) is 3. The summed E-state index contributed by atoms with van der Waals surface area (Å²) in [5, 5.41) is 11.2. The van der Waals surface area contributed by atoms with Crippen LogP contribution in [0.15, 0.2) is 23.8 Å². The highest BCUT2D eigenvalue weighted by molar-refractivity contribution is 6.01. The first-order valence-corrected chi connectivity index (χ1v) is 9.58. The number of fused-ring (bicyclic) bond motifs is 5. The van der Waals surface area contributed by atoms with E-state index >= 15 is 4.39 Å². The summed E-state index contributed by atoms with van der Waals surface area (Å²) in [7, 11) is 0. The largest absolute Gasteiger partial charge is 0.390 e. The molecule has 142 valence electrons. The SMILES string of the molecule is [2H]C([2H])([2H])[C@@H]1C[C@H]2[C@@H]3CCC4=CC(=O)C=C[C@]4(C)[C@@]3(F)[C@@H](O)C[C@]2(C)[C@H]1C(C)=O. The maximum absolute atomic E-state index is 16.9. The normalized spacial score (nSPS) is 55.0. The summed E-state index contributed by atoms with van der Waals surface area (Å²) in [5.74, 6) is -2.77. The molecule has 4 aliphatic carbocycles. The van der Waals surface area contributed by atoms with Crippen molar-refractivity contribution in [2.45, 2.75) is 65.1 Å². The molecule has 3 fully saturated rings. The van der Waals surface area contributed by atoms with Gasteiger partial charge in [0.2, 0.25) is 0 Å². The molecule has 0 aromatic rings. The van der Waals surface area contributed by atoms with Crippen LogP contribution in [0.2, 0.25) is 0 Å². The van der Waals surface area contributed by atoms with Crippen LogP contribution in [0.1, 0.15) is 57.4 Å². The van der Waals surface area contributed by atoms with E-state index in [1.165, 1.54) is 19.1 Å². The van der Waals surface area contributed by atoms with Crippen molar-refractivity contribution in [3.05, 3.63) is 23.8 Å². The van der Waals surface area contributed by atoms with Gasteiger partial charge in [0, 0.05) is 21.4 Å². The second-order valence-electron chi connectivity index (χ2n) is 9.28. The Balaban J connectivity index is 1.83. The van der Waals surface area contributed by atoms with Crippen LogP contribution in [0.5, 0.6) is 0 Å². The summed E-state index contributed by atoms with van der Waals surface area (Å²) >= 11 is 0. The summed E-state index contributed by atoms with van der Waals surface area (Å²) in [6.07, 6.45) is 4.38. The molecule has 0 bridgehead atoms. The van der Waals surface area contributed by atoms with Crippen LogP contribution in [-0.2, 0) is 9.59 Å². The lowest BCUT2D eigenvalue weighted by Crippen LogP contribution is -2.66. The molecular formula is C22H29FO3. The summed E-state index contributed by atoms with van der Waals surface area (Å²) in [4.78, 5) is 24.4. The summed E-state index contributed by atoms with van der Waals surface area (Å²) in [6, 6.07) is 0. The number of alkyl halides is 1. The van der Waals surface area contributed by atoms with Crippen molar-refractivity contribution in [3.8, 4) is 0 Å². The third-order valence-corrected chi connectivity index (χ3v) is 8.13. The molecule has 26 heavy (non-hydrogen) atoms. The highest BCUT2D eigenvalue weighted by atomic mass is 19.1. The van der Waals surface area contributed by atoms with Gasteiger partial charge in [0.15, 0.2) is 11.5 Å². The predicted octanol–water partition coefficient (Wildman–Crippen LogP) is 3.81. The predicted molar refractivity (Wildman–Crippen MR) is 97.1 cm³/mol. The Bertz CT molecular complexity index is 834. The van der Waals surface area contributed by atoms with E-state index in [0.29, 0.717) is 18.4 Å². The van der Waals surface area contributed by atoms with Crippen molar-refractivity contribution < 1.29 is 23.2 Å². The standard InChI is InChI=1S/C22H29FO3/c1-12-9-17-16-6-5-14-10-15(25)7-8-21(14,4)22(16,23)18(26)11-20(17,3)19(12)13(2)24/h7-8,10,12,16-19,26H,5-6,9,11H2,1-4H3/t12-,16+,17+,18+,19-,20+,21+,22+/m1/s1/i1D3. The van der Waals surface area contributed by atoms with E-state index in [-0.39, 0.29) is 30.3 Å². The van der Waals surface area contributed by atoms with Gasteiger partial charge in [0.25, 0.3) is 0 Å². The molecule has 0 heterocycles. The molecule has 8 atom stereocenters. The third kappa shape index (κ3) is 1.97. The van der Waals surface area contributed by atoms with E-state index in [9.17, 15) is 14.7 Å². The first-order valence-electron chi connectivity index (χ1n) is 11.1. The van der Waals surface area contributed by atoms with Gasteiger partial charge in [-0.3, -0.25) is 9.59 Å². The summed E-state index contributed by atoms with van der Waals surface area (Å²) < 4.78 is 40.9. The fraction of sp³-hybridized carbons (Fsp3) is 0.727. The van der Waals surface area contributed by atoms with E-state index < -0.39 is 47.2 Å². The van der Waals surface area contributed by atoms with E-state index in [0.717, 1.165) is 0 Å². The molecule has 0 radical (unpaired) electrons. The quantitative estimate of drug-likeness (QED) is 0.771. The molecule has 4 aliphatic rings. The second-order valence-corrected chi connectivity index (χ2v) is 9.28. The molecule has 0 aromatic carbocycles. The molecule has 0 saturated heterocycles. The van der Waals surface area contributed by atoms with Crippen molar-refractivity contribution in [1.29, 1.82) is 0 Å². The Kier molecular flexibility index (Phi) is 3.04. The number of ketones is 2. The second kappa shape index (κ2) is 5.37. The molecule has 0 unspecified atom stereocenters. The monoisotopic (exact) mass is 363 g/mol. The van der Waals surface area contributed by atoms with E-state index in [1.54, 1.807) is 13.0 Å². The first kappa shape index (κ1) is 14.7. The summed E-state index contributed by atoms with van der Waals surface area (Å²) in [5.41, 5.74) is -3.16. The van der Waals surface area contributed by atoms with E-state index in [2.05, 4.69) is 0 Å². The smallest absolute Gasteiger partial charge is 0.178 e. The zero-order valence-electron chi connectivity index (χ0n) is 18.6. The molecule has 0 aliphatic heterocycles. The highest BCUT2D eigenvalue weighted by Crippen LogP contribution is 2.69. The van der Waals surface area contributed by atoms with Crippen LogP contribution >= 0.6 is 0 Å². The Morgan fingerprint density at radius 2 is 2.12 bits per heavy atom. The summed E-state index contributed by atoms with van der Waals surface area (Å²) in [6.45, 7) is 2.71. The first-order chi connectivity index (χ1) is 13.3. The van der Waals surface area contributed by atoms with Crippen LogP contribution in [0, 0.1) is 34.5 Å². The Morgan fingerprint density at radius 1 is 1.38 bits per heavy atom. The number of Topliss-reactive ketones (excluding diaryl/α,β-unsaturated/α-hetero) is 1.